The van der Waals surface area contributed by atoms with E-state index in [0.717, 1.165) is 42.6 Å². The standard InChI is InChI=1S/C23H24FN5O/c1-30-20-8-6-19(7-9-20)29-22(17-4-5-18(13-25)21(24)11-17)12-23(28-29)27-15-16-3-2-10-26-14-16/h4-9,11-12,16,26H,2-3,10,14-15H2,1H3,(H,27,28)/t16-/m0/s1. The van der Waals surface area contributed by atoms with Crippen molar-refractivity contribution in [3.63, 3.8) is 0 Å². The predicted molar refractivity (Wildman–Crippen MR) is 114 cm³/mol. The summed E-state index contributed by atoms with van der Waals surface area (Å²) in [6, 6.07) is 15.9. The normalized spacial score (nSPS) is 16.1. The minimum Gasteiger partial charge on any atom is -0.497 e. The quantitative estimate of drug-likeness (QED) is 0.649. The molecule has 1 saturated heterocycles. The van der Waals surface area contributed by atoms with E-state index in [-0.39, 0.29) is 5.56 Å². The summed E-state index contributed by atoms with van der Waals surface area (Å²) in [4.78, 5) is 0. The number of anilines is 1. The van der Waals surface area contributed by atoms with E-state index in [4.69, 9.17) is 15.1 Å². The number of halogens is 1. The summed E-state index contributed by atoms with van der Waals surface area (Å²) in [5, 5.41) is 20.6. The molecule has 1 aromatic heterocycles. The molecule has 0 saturated carbocycles. The fourth-order valence-electron chi connectivity index (χ4n) is 3.71. The van der Waals surface area contributed by atoms with Gasteiger partial charge in [-0.2, -0.15) is 5.26 Å². The molecule has 6 nitrogen and oxygen atoms in total. The molecule has 30 heavy (non-hydrogen) atoms. The third-order valence-corrected chi connectivity index (χ3v) is 5.38. The molecule has 1 atom stereocenters. The number of ether oxygens (including phenoxy) is 1. The molecule has 154 valence electrons. The number of hydrogen-bond donors (Lipinski definition) is 2. The van der Waals surface area contributed by atoms with Crippen LogP contribution >= 0.6 is 0 Å². The number of hydrogen-bond acceptors (Lipinski definition) is 5. The molecule has 2 N–H and O–H groups in total. The highest BCUT2D eigenvalue weighted by molar-refractivity contribution is 5.67. The predicted octanol–water partition coefficient (Wildman–Crippen LogP) is 3.97. The Morgan fingerprint density at radius 2 is 2.10 bits per heavy atom. The van der Waals surface area contributed by atoms with E-state index in [2.05, 4.69) is 10.6 Å². The third kappa shape index (κ3) is 4.29. The van der Waals surface area contributed by atoms with Gasteiger partial charge in [0.05, 0.1) is 24.1 Å². The number of aromatic nitrogens is 2. The molecule has 0 bridgehead atoms. The largest absolute Gasteiger partial charge is 0.497 e. The van der Waals surface area contributed by atoms with Crippen LogP contribution in [-0.4, -0.2) is 36.5 Å². The van der Waals surface area contributed by atoms with Crippen molar-refractivity contribution in [1.82, 2.24) is 15.1 Å². The Bertz CT molecular complexity index is 1050. The average molecular weight is 405 g/mol. The van der Waals surface area contributed by atoms with E-state index in [9.17, 15) is 4.39 Å². The Balaban J connectivity index is 1.67. The first-order valence-electron chi connectivity index (χ1n) is 10.1. The highest BCUT2D eigenvalue weighted by Crippen LogP contribution is 2.28. The lowest BCUT2D eigenvalue weighted by Crippen LogP contribution is -2.33. The van der Waals surface area contributed by atoms with Crippen LogP contribution in [-0.2, 0) is 0 Å². The average Bonchev–Trinajstić information content (AvgIpc) is 3.23. The SMILES string of the molecule is COc1ccc(-n2nc(NC[C@H]3CCCNC3)cc2-c2ccc(C#N)c(F)c2)cc1. The minimum atomic E-state index is -0.541. The summed E-state index contributed by atoms with van der Waals surface area (Å²) in [5.74, 6) is 1.50. The highest BCUT2D eigenvalue weighted by atomic mass is 19.1. The fraction of sp³-hybridized carbons (Fsp3) is 0.304. The molecule has 4 rings (SSSR count). The van der Waals surface area contributed by atoms with Crippen molar-refractivity contribution in [1.29, 1.82) is 5.26 Å². The maximum atomic E-state index is 14.3. The molecular weight excluding hydrogens is 381 g/mol. The van der Waals surface area contributed by atoms with Crippen LogP contribution in [0, 0.1) is 23.1 Å². The Hall–Kier alpha value is -3.37. The van der Waals surface area contributed by atoms with Gasteiger partial charge in [-0.1, -0.05) is 6.07 Å². The monoisotopic (exact) mass is 405 g/mol. The van der Waals surface area contributed by atoms with Crippen molar-refractivity contribution in [3.8, 4) is 28.8 Å². The molecule has 7 heteroatoms. The Kier molecular flexibility index (Phi) is 5.96. The van der Waals surface area contributed by atoms with Gasteiger partial charge in [0.25, 0.3) is 0 Å². The van der Waals surface area contributed by atoms with Gasteiger partial charge in [0, 0.05) is 18.2 Å². The van der Waals surface area contributed by atoms with Crippen LogP contribution in [0.2, 0.25) is 0 Å². The van der Waals surface area contributed by atoms with Crippen LogP contribution in [0.25, 0.3) is 16.9 Å². The van der Waals surface area contributed by atoms with Crippen LogP contribution in [0.4, 0.5) is 10.2 Å². The summed E-state index contributed by atoms with van der Waals surface area (Å²) in [6.07, 6.45) is 2.37. The summed E-state index contributed by atoms with van der Waals surface area (Å²) in [6.45, 7) is 2.91. The van der Waals surface area contributed by atoms with Gasteiger partial charge in [-0.15, -0.1) is 5.10 Å². The number of piperidine rings is 1. The molecule has 2 heterocycles. The van der Waals surface area contributed by atoms with Crippen molar-refractivity contribution in [2.75, 3.05) is 32.1 Å². The lowest BCUT2D eigenvalue weighted by molar-refractivity contribution is 0.392. The summed E-state index contributed by atoms with van der Waals surface area (Å²) in [7, 11) is 1.62. The molecule has 0 radical (unpaired) electrons. The molecule has 3 aromatic rings. The van der Waals surface area contributed by atoms with E-state index in [0.29, 0.717) is 11.5 Å². The first-order chi connectivity index (χ1) is 14.7. The molecule has 1 fully saturated rings. The zero-order chi connectivity index (χ0) is 20.9. The van der Waals surface area contributed by atoms with Gasteiger partial charge in [-0.3, -0.25) is 0 Å². The van der Waals surface area contributed by atoms with Gasteiger partial charge < -0.3 is 15.4 Å². The van der Waals surface area contributed by atoms with Crippen LogP contribution in [0.1, 0.15) is 18.4 Å². The van der Waals surface area contributed by atoms with E-state index < -0.39 is 5.82 Å². The summed E-state index contributed by atoms with van der Waals surface area (Å²) in [5.41, 5.74) is 2.26. The van der Waals surface area contributed by atoms with E-state index >= 15 is 0 Å². The maximum absolute atomic E-state index is 14.3. The first-order valence-corrected chi connectivity index (χ1v) is 10.1. The second kappa shape index (κ2) is 8.97. The van der Waals surface area contributed by atoms with E-state index in [1.807, 2.05) is 36.4 Å². The molecule has 0 amide bonds. The number of nitrogens with zero attached hydrogens (tertiary/aromatic N) is 3. The van der Waals surface area contributed by atoms with Crippen molar-refractivity contribution in [2.24, 2.45) is 5.92 Å². The smallest absolute Gasteiger partial charge is 0.149 e. The lowest BCUT2D eigenvalue weighted by atomic mass is 10.00. The number of nitrogens with one attached hydrogen (secondary N) is 2. The highest BCUT2D eigenvalue weighted by Gasteiger charge is 2.16. The molecule has 1 aliphatic rings. The second-order valence-corrected chi connectivity index (χ2v) is 7.42. The minimum absolute atomic E-state index is 0.0254. The van der Waals surface area contributed by atoms with Gasteiger partial charge in [0.2, 0.25) is 0 Å². The first kappa shape index (κ1) is 19.9. The van der Waals surface area contributed by atoms with Crippen molar-refractivity contribution in [2.45, 2.75) is 12.8 Å². The van der Waals surface area contributed by atoms with Crippen molar-refractivity contribution in [3.05, 3.63) is 59.9 Å². The van der Waals surface area contributed by atoms with Gasteiger partial charge in [-0.25, -0.2) is 9.07 Å². The third-order valence-electron chi connectivity index (χ3n) is 5.38. The summed E-state index contributed by atoms with van der Waals surface area (Å²) < 4.78 is 21.3. The van der Waals surface area contributed by atoms with Gasteiger partial charge in [-0.05, 0) is 68.2 Å². The fourth-order valence-corrected chi connectivity index (χ4v) is 3.71. The molecule has 0 aliphatic carbocycles. The van der Waals surface area contributed by atoms with E-state index in [1.165, 1.54) is 25.0 Å². The molecular formula is C23H24FN5O. The number of benzene rings is 2. The number of nitriles is 1. The zero-order valence-corrected chi connectivity index (χ0v) is 16.9. The molecule has 0 spiro atoms. The van der Waals surface area contributed by atoms with Crippen molar-refractivity contribution >= 4 is 5.82 Å². The summed E-state index contributed by atoms with van der Waals surface area (Å²) >= 11 is 0. The zero-order valence-electron chi connectivity index (χ0n) is 16.9. The lowest BCUT2D eigenvalue weighted by Gasteiger charge is -2.22. The second-order valence-electron chi connectivity index (χ2n) is 7.42. The van der Waals surface area contributed by atoms with Crippen LogP contribution in [0.3, 0.4) is 0 Å². The van der Waals surface area contributed by atoms with Crippen LogP contribution in [0.5, 0.6) is 5.75 Å². The maximum Gasteiger partial charge on any atom is 0.149 e. The van der Waals surface area contributed by atoms with Crippen LogP contribution < -0.4 is 15.4 Å². The molecule has 0 unspecified atom stereocenters. The Morgan fingerprint density at radius 3 is 2.77 bits per heavy atom. The number of rotatable bonds is 6. The Labute approximate surface area is 175 Å². The van der Waals surface area contributed by atoms with E-state index in [1.54, 1.807) is 17.9 Å². The van der Waals surface area contributed by atoms with Gasteiger partial charge in [0.1, 0.15) is 23.5 Å². The topological polar surface area (TPSA) is 74.9 Å². The van der Waals surface area contributed by atoms with Gasteiger partial charge >= 0.3 is 0 Å². The Morgan fingerprint density at radius 1 is 1.27 bits per heavy atom. The van der Waals surface area contributed by atoms with Gasteiger partial charge in [0.15, 0.2) is 0 Å². The van der Waals surface area contributed by atoms with Crippen molar-refractivity contribution < 1.29 is 9.13 Å². The van der Waals surface area contributed by atoms with Crippen LogP contribution in [0.15, 0.2) is 48.5 Å². The molecule has 2 aromatic carbocycles. The molecule has 1 aliphatic heterocycles. The number of methoxy groups -OCH3 is 1.